The van der Waals surface area contributed by atoms with Crippen molar-refractivity contribution >= 4 is 108 Å². The van der Waals surface area contributed by atoms with Crippen LogP contribution in [-0.4, -0.2) is 181 Å². The lowest BCUT2D eigenvalue weighted by molar-refractivity contribution is 0.262. The molecule has 9 aromatic rings. The molecule has 0 aliphatic carbocycles. The van der Waals surface area contributed by atoms with Crippen molar-refractivity contribution in [2.24, 2.45) is 5.92 Å². The highest BCUT2D eigenvalue weighted by Crippen LogP contribution is 2.29. The number of unbranched alkanes of at least 4 members (excludes halogenated alkanes) is 2. The number of nitrogen functional groups attached to an aromatic ring is 2. The molecule has 0 aromatic carbocycles. The second-order valence-electron chi connectivity index (χ2n) is 25.1. The van der Waals surface area contributed by atoms with Gasteiger partial charge in [-0.3, -0.25) is 4.98 Å². The summed E-state index contributed by atoms with van der Waals surface area (Å²) in [5.74, 6) is 8.31. The minimum Gasteiger partial charge on any atom is -0.491 e. The number of methoxy groups -OCH3 is 1. The van der Waals surface area contributed by atoms with Gasteiger partial charge >= 0.3 is 0 Å². The Morgan fingerprint density at radius 1 is 0.395 bits per heavy atom. The zero-order chi connectivity index (χ0) is 78.8. The molecule has 1 unspecified atom stereocenters. The molecule has 0 aliphatic rings. The number of aliphatic hydroxyl groups excluding tert-OH is 5. The number of aromatic nitrogens is 17. The summed E-state index contributed by atoms with van der Waals surface area (Å²) in [4.78, 5) is 45.9. The molecular formula is C75H122N24O10S5. The predicted octanol–water partition coefficient (Wildman–Crippen LogP) is 9.80. The van der Waals surface area contributed by atoms with E-state index >= 15 is 0 Å². The van der Waals surface area contributed by atoms with Gasteiger partial charge < -0.3 is 87.3 Å². The number of hydrogen-bond acceptors (Lipinski definition) is 34. The molecule has 14 N–H and O–H groups in total. The van der Waals surface area contributed by atoms with Gasteiger partial charge in [-0.25, -0.2) is 39.9 Å². The Bertz CT molecular complexity index is 3800. The van der Waals surface area contributed by atoms with Crippen molar-refractivity contribution in [1.29, 1.82) is 0 Å². The Labute approximate surface area is 704 Å². The van der Waals surface area contributed by atoms with Crippen LogP contribution >= 0.6 is 67.5 Å². The molecule has 34 nitrogen and oxygen atoms in total. The number of anilines is 7. The number of nitrogens with zero attached hydrogens (tertiary/aromatic N) is 17. The number of nitrogens with one attached hydrogen (secondary N) is 5. The monoisotopic (exact) mass is 1680 g/mol. The molecule has 0 bridgehead atoms. The zero-order valence-electron chi connectivity index (χ0n) is 66.9. The van der Waals surface area contributed by atoms with Crippen LogP contribution in [0.5, 0.6) is 28.7 Å². The Balaban J connectivity index is 0.00000139. The number of pyridine rings is 1. The third-order valence-corrected chi connectivity index (χ3v) is 16.2. The van der Waals surface area contributed by atoms with Gasteiger partial charge in [0.25, 0.3) is 0 Å². The molecule has 9 heterocycles. The quantitative estimate of drug-likeness (QED) is 0.0169. The summed E-state index contributed by atoms with van der Waals surface area (Å²) in [6.45, 7) is 19.7. The lowest BCUT2D eigenvalue weighted by Gasteiger charge is -2.24. The van der Waals surface area contributed by atoms with Gasteiger partial charge in [0, 0.05) is 61.8 Å². The van der Waals surface area contributed by atoms with Crippen LogP contribution in [0.4, 0.5) is 41.0 Å². The van der Waals surface area contributed by atoms with Gasteiger partial charge in [0.1, 0.15) is 61.0 Å². The minimum absolute atomic E-state index is 0. The van der Waals surface area contributed by atoms with Gasteiger partial charge in [-0.2, -0.15) is 108 Å². The summed E-state index contributed by atoms with van der Waals surface area (Å²) >= 11 is 0. The van der Waals surface area contributed by atoms with Gasteiger partial charge in [-0.05, 0) is 108 Å². The number of aliphatic hydroxyl groups is 5. The molecule has 6 atom stereocenters. The molecule has 632 valence electrons. The van der Waals surface area contributed by atoms with Crippen LogP contribution in [0.1, 0.15) is 165 Å². The van der Waals surface area contributed by atoms with E-state index in [1.165, 1.54) is 12.4 Å². The van der Waals surface area contributed by atoms with Crippen molar-refractivity contribution < 1.29 is 49.2 Å². The van der Waals surface area contributed by atoms with Gasteiger partial charge in [0.15, 0.2) is 57.8 Å². The number of rotatable bonds is 42. The molecule has 0 radical (unpaired) electrons. The highest BCUT2D eigenvalue weighted by atomic mass is 32.1. The molecule has 0 aliphatic heterocycles. The standard InChI is InChI=1S/3C16H23N5O2.C15H21N5O2.C12H22N4O2.5H2S/c1-3-5-13(7-9-22)20-16-15(10-17-12(2)19-16)23-11-14-6-4-8-18-21-14;1-3-4-6-13(10-22)20-16-15(9-17-12(2)19-16)23-11-14-7-5-8-18-21-14;1-2-3-6-13(10-22)20-15-14(9-19-16(17)21-15)23-11-12-5-4-7-18-8-12;1-3-5-12(9-21)19-15-14(8-16-11(2)18-15)22-10-13-6-4-7-17-20-13;1-4-8(2)9(5-6-17)15-11-10(18-3)7-14-12(13)16-11;;;;;/h4,6,8,10,13,22H,3,5,7,9,11H2,1-2H3,(H,17,19,20);5,7-9,13,22H,3-4,6,10-11H2,1-2H3,(H,17,19,20);4-5,7-9,13,22H,2-3,6,10-11H2,1H3,(H3,17,19,20,21);4,6-8,12,21H,3,5,9-10H2,1-2H3,(H,16,18,19);7-9,17H,4-6H2,1-3H3,(H3,13,14,15,16);5*1H2/t3*13-;12-;8?,9-;;;;;/m00000...../s1. The molecule has 114 heavy (non-hydrogen) atoms. The summed E-state index contributed by atoms with van der Waals surface area (Å²) < 4.78 is 28.2. The minimum atomic E-state index is -0.0926. The molecule has 0 fully saturated rings. The maximum absolute atomic E-state index is 9.52. The maximum Gasteiger partial charge on any atom is 0.222 e. The molecule has 0 amide bonds. The Morgan fingerprint density at radius 3 is 1.11 bits per heavy atom. The van der Waals surface area contributed by atoms with E-state index in [4.69, 9.17) is 40.3 Å². The van der Waals surface area contributed by atoms with Crippen molar-refractivity contribution in [1.82, 2.24) is 85.4 Å². The second-order valence-corrected chi connectivity index (χ2v) is 25.1. The first-order valence-electron chi connectivity index (χ1n) is 36.9. The molecule has 0 saturated heterocycles. The highest BCUT2D eigenvalue weighted by Gasteiger charge is 2.21. The fraction of sp³-hybridized carbons (Fsp3) is 0.507. The summed E-state index contributed by atoms with van der Waals surface area (Å²) in [7, 11) is 1.56. The van der Waals surface area contributed by atoms with Crippen LogP contribution in [0, 0.1) is 26.7 Å². The Morgan fingerprint density at radius 2 is 0.754 bits per heavy atom. The smallest absolute Gasteiger partial charge is 0.222 e. The van der Waals surface area contributed by atoms with E-state index in [2.05, 4.69) is 154 Å². The van der Waals surface area contributed by atoms with E-state index in [0.717, 1.165) is 93.3 Å². The largest absolute Gasteiger partial charge is 0.491 e. The van der Waals surface area contributed by atoms with E-state index in [1.807, 2.05) is 63.2 Å². The van der Waals surface area contributed by atoms with Crippen LogP contribution in [-0.2, 0) is 26.4 Å². The van der Waals surface area contributed by atoms with Crippen LogP contribution in [0.15, 0.2) is 110 Å². The topological polar surface area (TPSA) is 479 Å². The fourth-order valence-corrected chi connectivity index (χ4v) is 10.1. The highest BCUT2D eigenvalue weighted by molar-refractivity contribution is 7.60. The van der Waals surface area contributed by atoms with Gasteiger partial charge in [0.2, 0.25) is 11.9 Å². The third-order valence-electron chi connectivity index (χ3n) is 16.2. The third kappa shape index (κ3) is 40.8. The predicted molar refractivity (Wildman–Crippen MR) is 469 cm³/mol. The van der Waals surface area contributed by atoms with Crippen LogP contribution in [0.2, 0.25) is 0 Å². The van der Waals surface area contributed by atoms with Crippen LogP contribution < -0.4 is 61.7 Å². The van der Waals surface area contributed by atoms with Crippen molar-refractivity contribution in [3.8, 4) is 28.7 Å². The first kappa shape index (κ1) is 105. The van der Waals surface area contributed by atoms with Crippen molar-refractivity contribution in [3.05, 3.63) is 151 Å². The van der Waals surface area contributed by atoms with E-state index in [0.29, 0.717) is 107 Å². The molecule has 9 aromatic heterocycles. The number of hydrogen-bond donors (Lipinski definition) is 12. The van der Waals surface area contributed by atoms with Crippen LogP contribution in [0.25, 0.3) is 0 Å². The molecule has 39 heteroatoms. The van der Waals surface area contributed by atoms with Gasteiger partial charge in [-0.15, -0.1) is 0 Å². The summed E-state index contributed by atoms with van der Waals surface area (Å²) in [6, 6.07) is 14.8. The Hall–Kier alpha value is -9.06. The molecule has 0 saturated carbocycles. The van der Waals surface area contributed by atoms with E-state index in [9.17, 15) is 20.4 Å². The number of aryl methyl sites for hydroxylation is 3. The lowest BCUT2D eigenvalue weighted by atomic mass is 9.96. The molecule has 9 rings (SSSR count). The summed E-state index contributed by atoms with van der Waals surface area (Å²) in [5, 5.41) is 86.4. The average Bonchev–Trinajstić information content (AvgIpc) is 0.745. The summed E-state index contributed by atoms with van der Waals surface area (Å²) in [6.07, 6.45) is 28.3. The van der Waals surface area contributed by atoms with Crippen molar-refractivity contribution in [2.75, 3.05) is 78.2 Å². The van der Waals surface area contributed by atoms with Gasteiger partial charge in [0.05, 0.1) is 76.0 Å². The maximum atomic E-state index is 9.52. The normalized spacial score (nSPS) is 11.7. The van der Waals surface area contributed by atoms with E-state index < -0.39 is 0 Å². The molecular weight excluding hydrogens is 1560 g/mol. The molecule has 0 spiro atoms. The van der Waals surface area contributed by atoms with Crippen LogP contribution in [0.3, 0.4) is 0 Å². The van der Waals surface area contributed by atoms with Crippen molar-refractivity contribution in [2.45, 2.75) is 202 Å². The van der Waals surface area contributed by atoms with Gasteiger partial charge in [-0.1, -0.05) is 92.6 Å². The zero-order valence-corrected chi connectivity index (χ0v) is 71.9. The Kier molecular flexibility index (Phi) is 57.4. The summed E-state index contributed by atoms with van der Waals surface area (Å²) in [5.41, 5.74) is 14.4. The first-order chi connectivity index (χ1) is 53.0. The van der Waals surface area contributed by atoms with Crippen molar-refractivity contribution in [3.63, 3.8) is 0 Å². The fourth-order valence-electron chi connectivity index (χ4n) is 10.1. The number of nitrogens with two attached hydrogens (primary N) is 2. The SMILES string of the molecule is CCC(C)[C@H](CCO)Nc1nc(N)ncc1OC.CCCC[C@@H](CO)Nc1nc(C)ncc1OCc1cccnn1.CCCC[C@@H](CO)Nc1nc(N)ncc1OCc1cccnc1.CCC[C@@H](CCO)Nc1nc(C)ncc1OCc1cccnn1.CCC[C@@H](CO)Nc1nc(C)ncc1OCc1cccnn1.S.S.S.S.S. The number of ether oxygens (including phenoxy) is 5. The first-order valence-corrected chi connectivity index (χ1v) is 36.9. The average molecular weight is 1680 g/mol. The van der Waals surface area contributed by atoms with E-state index in [-0.39, 0.29) is 156 Å². The lowest BCUT2D eigenvalue weighted by Crippen LogP contribution is -2.29. The second kappa shape index (κ2) is 62.3. The van der Waals surface area contributed by atoms with E-state index in [1.54, 1.807) is 62.8 Å².